The molecule has 2 aromatic heterocycles. The van der Waals surface area contributed by atoms with Gasteiger partial charge in [-0.2, -0.15) is 4.98 Å². The first-order chi connectivity index (χ1) is 10.1. The molecule has 112 valence electrons. The molecule has 1 fully saturated rings. The highest BCUT2D eigenvalue weighted by Crippen LogP contribution is 2.31. The summed E-state index contributed by atoms with van der Waals surface area (Å²) in [6.07, 6.45) is 2.50. The highest BCUT2D eigenvalue weighted by molar-refractivity contribution is 7.16. The van der Waals surface area contributed by atoms with Crippen molar-refractivity contribution in [2.45, 2.75) is 19.4 Å². The maximum Gasteiger partial charge on any atom is 0.239 e. The normalized spacial score (nSPS) is 14.2. The van der Waals surface area contributed by atoms with E-state index in [-0.39, 0.29) is 0 Å². The Morgan fingerprint density at radius 3 is 2.86 bits per heavy atom. The Bertz CT molecular complexity index is 627. The average molecular weight is 324 g/mol. The fourth-order valence-electron chi connectivity index (χ4n) is 2.00. The van der Waals surface area contributed by atoms with Crippen LogP contribution in [-0.2, 0) is 6.54 Å². The zero-order valence-electron chi connectivity index (χ0n) is 11.9. The summed E-state index contributed by atoms with van der Waals surface area (Å²) in [6.45, 7) is 1.47. The highest BCUT2D eigenvalue weighted by atomic mass is 35.5. The van der Waals surface area contributed by atoms with Crippen LogP contribution in [0.15, 0.2) is 24.3 Å². The molecule has 21 heavy (non-hydrogen) atoms. The van der Waals surface area contributed by atoms with Crippen molar-refractivity contribution < 1.29 is 4.74 Å². The van der Waals surface area contributed by atoms with E-state index in [2.05, 4.69) is 9.88 Å². The van der Waals surface area contributed by atoms with Gasteiger partial charge in [0.15, 0.2) is 0 Å². The van der Waals surface area contributed by atoms with Crippen LogP contribution in [0.25, 0.3) is 0 Å². The van der Waals surface area contributed by atoms with Gasteiger partial charge in [-0.1, -0.05) is 11.6 Å². The summed E-state index contributed by atoms with van der Waals surface area (Å²) in [5.74, 6) is 2.07. The van der Waals surface area contributed by atoms with Crippen molar-refractivity contribution >= 4 is 34.4 Å². The van der Waals surface area contributed by atoms with Crippen molar-refractivity contribution in [3.63, 3.8) is 0 Å². The Morgan fingerprint density at radius 2 is 2.19 bits per heavy atom. The van der Waals surface area contributed by atoms with Gasteiger partial charge in [-0.05, 0) is 43.0 Å². The van der Waals surface area contributed by atoms with Gasteiger partial charge in [-0.15, -0.1) is 11.3 Å². The van der Waals surface area contributed by atoms with Crippen molar-refractivity contribution in [2.75, 3.05) is 24.3 Å². The molecule has 3 rings (SSSR count). The molecule has 2 aromatic rings. The molecule has 0 atom stereocenters. The average Bonchev–Trinajstić information content (AvgIpc) is 3.20. The Kier molecular flexibility index (Phi) is 4.22. The zero-order valence-corrected chi connectivity index (χ0v) is 13.5. The van der Waals surface area contributed by atoms with Crippen LogP contribution >= 0.6 is 22.9 Å². The molecule has 1 aliphatic rings. The van der Waals surface area contributed by atoms with Crippen LogP contribution in [-0.4, -0.2) is 18.6 Å². The minimum Gasteiger partial charge on any atom is -0.476 e. The number of nitrogens with two attached hydrogens (primary N) is 1. The van der Waals surface area contributed by atoms with E-state index < -0.39 is 0 Å². The Hall–Kier alpha value is -1.46. The third kappa shape index (κ3) is 3.80. The van der Waals surface area contributed by atoms with E-state index in [1.807, 2.05) is 31.3 Å². The van der Waals surface area contributed by atoms with Gasteiger partial charge in [-0.3, -0.25) is 0 Å². The van der Waals surface area contributed by atoms with E-state index in [4.69, 9.17) is 22.1 Å². The van der Waals surface area contributed by atoms with Crippen molar-refractivity contribution in [3.8, 4) is 5.88 Å². The van der Waals surface area contributed by atoms with Crippen molar-refractivity contribution in [3.05, 3.63) is 33.5 Å². The molecule has 0 radical (unpaired) electrons. The van der Waals surface area contributed by atoms with E-state index >= 15 is 0 Å². The summed E-state index contributed by atoms with van der Waals surface area (Å²) in [5.41, 5.74) is 6.52. The van der Waals surface area contributed by atoms with E-state index in [1.54, 1.807) is 11.3 Å². The van der Waals surface area contributed by atoms with Crippen molar-refractivity contribution in [1.29, 1.82) is 0 Å². The first-order valence-electron chi connectivity index (χ1n) is 6.96. The third-order valence-corrected chi connectivity index (χ3v) is 4.66. The van der Waals surface area contributed by atoms with Gasteiger partial charge >= 0.3 is 0 Å². The second-order valence-electron chi connectivity index (χ2n) is 5.38. The largest absolute Gasteiger partial charge is 0.476 e. The SMILES string of the molecule is CN(Cc1ccc(Cl)s1)c1ccc(N)c(OCC2CC2)n1. The molecule has 1 saturated carbocycles. The molecule has 2 N–H and O–H groups in total. The van der Waals surface area contributed by atoms with E-state index in [0.717, 1.165) is 16.7 Å². The summed E-state index contributed by atoms with van der Waals surface area (Å²) >= 11 is 7.54. The lowest BCUT2D eigenvalue weighted by molar-refractivity contribution is 0.290. The monoisotopic (exact) mass is 323 g/mol. The number of hydrogen-bond donors (Lipinski definition) is 1. The number of pyridine rings is 1. The summed E-state index contributed by atoms with van der Waals surface area (Å²) < 4.78 is 6.53. The molecule has 0 bridgehead atoms. The van der Waals surface area contributed by atoms with Gasteiger partial charge in [0, 0.05) is 11.9 Å². The Balaban J connectivity index is 1.69. The molecule has 0 spiro atoms. The molecule has 0 saturated heterocycles. The summed E-state index contributed by atoms with van der Waals surface area (Å²) in [5, 5.41) is 0. The lowest BCUT2D eigenvalue weighted by Gasteiger charge is -2.18. The minimum atomic E-state index is 0.537. The quantitative estimate of drug-likeness (QED) is 0.878. The maximum absolute atomic E-state index is 5.96. The van der Waals surface area contributed by atoms with Crippen LogP contribution in [0, 0.1) is 5.92 Å². The van der Waals surface area contributed by atoms with E-state index in [1.165, 1.54) is 17.7 Å². The third-order valence-electron chi connectivity index (χ3n) is 3.44. The first-order valence-corrected chi connectivity index (χ1v) is 8.16. The molecule has 0 aliphatic heterocycles. The number of nitrogen functional groups attached to an aromatic ring is 1. The maximum atomic E-state index is 5.96. The number of halogens is 1. The predicted octanol–water partition coefficient (Wildman–Crippen LogP) is 3.80. The standard InChI is InChI=1S/C15H18ClN3OS/c1-19(8-11-4-6-13(16)21-11)14-7-5-12(17)15(18-14)20-9-10-2-3-10/h4-7,10H,2-3,8-9,17H2,1H3. The van der Waals surface area contributed by atoms with E-state index in [0.29, 0.717) is 24.1 Å². The number of ether oxygens (including phenoxy) is 1. The van der Waals surface area contributed by atoms with Crippen LogP contribution in [0.2, 0.25) is 4.34 Å². The number of hydrogen-bond acceptors (Lipinski definition) is 5. The minimum absolute atomic E-state index is 0.537. The summed E-state index contributed by atoms with van der Waals surface area (Å²) in [6, 6.07) is 7.71. The molecule has 0 amide bonds. The predicted molar refractivity (Wildman–Crippen MR) is 88.3 cm³/mol. The van der Waals surface area contributed by atoms with E-state index in [9.17, 15) is 0 Å². The molecular weight excluding hydrogens is 306 g/mol. The van der Waals surface area contributed by atoms with Crippen molar-refractivity contribution in [1.82, 2.24) is 4.98 Å². The molecule has 2 heterocycles. The van der Waals surface area contributed by atoms with Crippen LogP contribution in [0.5, 0.6) is 5.88 Å². The van der Waals surface area contributed by atoms with Crippen molar-refractivity contribution in [2.24, 2.45) is 5.92 Å². The Morgan fingerprint density at radius 1 is 1.38 bits per heavy atom. The fourth-order valence-corrected chi connectivity index (χ4v) is 3.14. The van der Waals surface area contributed by atoms with Crippen LogP contribution in [0.1, 0.15) is 17.7 Å². The Labute approximate surface area is 133 Å². The molecule has 0 unspecified atom stereocenters. The van der Waals surface area contributed by atoms with Crippen LogP contribution < -0.4 is 15.4 Å². The fraction of sp³-hybridized carbons (Fsp3) is 0.400. The van der Waals surface area contributed by atoms with Crippen LogP contribution in [0.3, 0.4) is 0 Å². The summed E-state index contributed by atoms with van der Waals surface area (Å²) in [4.78, 5) is 7.78. The molecule has 4 nitrogen and oxygen atoms in total. The second-order valence-corrected chi connectivity index (χ2v) is 7.18. The van der Waals surface area contributed by atoms with Gasteiger partial charge in [0.05, 0.1) is 23.2 Å². The van der Waals surface area contributed by atoms with Gasteiger partial charge in [0.25, 0.3) is 0 Å². The lowest BCUT2D eigenvalue weighted by atomic mass is 10.3. The molecular formula is C15H18ClN3OS. The topological polar surface area (TPSA) is 51.4 Å². The number of aromatic nitrogens is 1. The molecule has 1 aliphatic carbocycles. The smallest absolute Gasteiger partial charge is 0.239 e. The second kappa shape index (κ2) is 6.12. The van der Waals surface area contributed by atoms with Gasteiger partial charge in [0.2, 0.25) is 5.88 Å². The number of anilines is 2. The lowest BCUT2D eigenvalue weighted by Crippen LogP contribution is -2.17. The number of rotatable bonds is 6. The van der Waals surface area contributed by atoms with Gasteiger partial charge < -0.3 is 15.4 Å². The number of thiophene rings is 1. The van der Waals surface area contributed by atoms with Crippen LogP contribution in [0.4, 0.5) is 11.5 Å². The van der Waals surface area contributed by atoms with Gasteiger partial charge in [-0.25, -0.2) is 0 Å². The highest BCUT2D eigenvalue weighted by Gasteiger charge is 2.22. The zero-order chi connectivity index (χ0) is 14.8. The van der Waals surface area contributed by atoms with Gasteiger partial charge in [0.1, 0.15) is 5.82 Å². The number of nitrogens with zero attached hydrogens (tertiary/aromatic N) is 2. The molecule has 0 aromatic carbocycles. The summed E-state index contributed by atoms with van der Waals surface area (Å²) in [7, 11) is 2.00. The molecule has 6 heteroatoms. The first kappa shape index (κ1) is 14.5.